The van der Waals surface area contributed by atoms with Gasteiger partial charge in [-0.15, -0.1) is 11.3 Å². The Labute approximate surface area is 145 Å². The molecule has 0 aliphatic carbocycles. The summed E-state index contributed by atoms with van der Waals surface area (Å²) >= 11 is 1.58. The molecule has 1 aliphatic rings. The van der Waals surface area contributed by atoms with Gasteiger partial charge in [-0.1, -0.05) is 18.2 Å². The molecule has 24 heavy (non-hydrogen) atoms. The van der Waals surface area contributed by atoms with Crippen LogP contribution in [-0.4, -0.2) is 30.1 Å². The van der Waals surface area contributed by atoms with Crippen molar-refractivity contribution in [3.05, 3.63) is 52.2 Å². The van der Waals surface area contributed by atoms with E-state index in [0.717, 1.165) is 16.1 Å². The van der Waals surface area contributed by atoms with Gasteiger partial charge in [0.25, 0.3) is 0 Å². The summed E-state index contributed by atoms with van der Waals surface area (Å²) < 4.78 is 4.92. The Kier molecular flexibility index (Phi) is 4.57. The van der Waals surface area contributed by atoms with Gasteiger partial charge >= 0.3 is 6.09 Å². The third-order valence-electron chi connectivity index (χ3n) is 4.14. The van der Waals surface area contributed by atoms with E-state index < -0.39 is 5.41 Å². The Bertz CT molecular complexity index is 723. The predicted molar refractivity (Wildman–Crippen MR) is 94.2 cm³/mol. The number of nitrogens with one attached hydrogen (secondary N) is 1. The number of ether oxygens (including phenoxy) is 1. The van der Waals surface area contributed by atoms with Gasteiger partial charge in [0.2, 0.25) is 5.91 Å². The van der Waals surface area contributed by atoms with Crippen molar-refractivity contribution in [2.45, 2.75) is 25.8 Å². The highest BCUT2D eigenvalue weighted by Crippen LogP contribution is 2.29. The van der Waals surface area contributed by atoms with E-state index >= 15 is 0 Å². The zero-order chi connectivity index (χ0) is 17.2. The zero-order valence-electron chi connectivity index (χ0n) is 13.7. The van der Waals surface area contributed by atoms with E-state index in [4.69, 9.17) is 4.74 Å². The van der Waals surface area contributed by atoms with Gasteiger partial charge in [-0.2, -0.15) is 0 Å². The number of hydrogen-bond acceptors (Lipinski definition) is 4. The van der Waals surface area contributed by atoms with Crippen molar-refractivity contribution in [2.75, 3.05) is 18.5 Å². The van der Waals surface area contributed by atoms with Crippen LogP contribution in [0.25, 0.3) is 0 Å². The summed E-state index contributed by atoms with van der Waals surface area (Å²) in [4.78, 5) is 26.7. The minimum atomic E-state index is -0.577. The molecule has 3 rings (SSSR count). The van der Waals surface area contributed by atoms with Crippen molar-refractivity contribution in [1.82, 2.24) is 4.90 Å². The molecule has 1 aliphatic heterocycles. The first-order valence-electron chi connectivity index (χ1n) is 7.83. The Balaban J connectivity index is 1.63. The lowest BCUT2D eigenvalue weighted by Gasteiger charge is -2.22. The van der Waals surface area contributed by atoms with Crippen molar-refractivity contribution >= 4 is 29.0 Å². The molecule has 0 atom stereocenters. The first-order chi connectivity index (χ1) is 11.5. The van der Waals surface area contributed by atoms with Crippen molar-refractivity contribution in [1.29, 1.82) is 0 Å². The van der Waals surface area contributed by atoms with Crippen molar-refractivity contribution in [3.8, 4) is 0 Å². The summed E-state index contributed by atoms with van der Waals surface area (Å²) in [6.07, 6.45) is -0.273. The molecule has 0 saturated carbocycles. The van der Waals surface area contributed by atoms with Gasteiger partial charge in [-0.3, -0.25) is 4.79 Å². The van der Waals surface area contributed by atoms with E-state index in [1.807, 2.05) is 55.6 Å². The molecule has 1 fully saturated rings. The molecule has 2 heterocycles. The van der Waals surface area contributed by atoms with Gasteiger partial charge in [-0.25, -0.2) is 4.79 Å². The number of thiophene rings is 1. The number of hydrogen-bond donors (Lipinski definition) is 1. The van der Waals surface area contributed by atoms with Crippen LogP contribution in [0, 0.1) is 0 Å². The number of anilines is 1. The lowest BCUT2D eigenvalue weighted by Crippen LogP contribution is -2.33. The maximum absolute atomic E-state index is 12.6. The van der Waals surface area contributed by atoms with Crippen LogP contribution in [-0.2, 0) is 21.5 Å². The van der Waals surface area contributed by atoms with Crippen LogP contribution in [0.15, 0.2) is 41.8 Å². The minimum absolute atomic E-state index is 0.0409. The highest BCUT2D eigenvalue weighted by molar-refractivity contribution is 7.10. The smallest absolute Gasteiger partial charge is 0.410 e. The first kappa shape index (κ1) is 16.5. The summed E-state index contributed by atoms with van der Waals surface area (Å²) in [6, 6.07) is 11.5. The Morgan fingerprint density at radius 1 is 1.29 bits per heavy atom. The maximum atomic E-state index is 12.6. The molecule has 1 N–H and O–H groups in total. The fourth-order valence-electron chi connectivity index (χ4n) is 2.52. The van der Waals surface area contributed by atoms with Crippen LogP contribution >= 0.6 is 11.3 Å². The predicted octanol–water partition coefficient (Wildman–Crippen LogP) is 3.62. The summed E-state index contributed by atoms with van der Waals surface area (Å²) in [5, 5.41) is 4.94. The van der Waals surface area contributed by atoms with E-state index in [-0.39, 0.29) is 12.0 Å². The number of carbonyl (C=O) groups is 2. The summed E-state index contributed by atoms with van der Waals surface area (Å²) in [5.41, 5.74) is 1.17. The molecule has 2 amide bonds. The average Bonchev–Trinajstić information content (AvgIpc) is 3.22. The van der Waals surface area contributed by atoms with E-state index in [9.17, 15) is 9.59 Å². The highest BCUT2D eigenvalue weighted by atomic mass is 32.1. The molecule has 5 nitrogen and oxygen atoms in total. The number of nitrogens with zero attached hydrogens (tertiary/aromatic N) is 1. The van der Waals surface area contributed by atoms with E-state index in [1.165, 1.54) is 0 Å². The van der Waals surface area contributed by atoms with Crippen molar-refractivity contribution in [3.63, 3.8) is 0 Å². The second-order valence-electron chi connectivity index (χ2n) is 6.29. The fourth-order valence-corrected chi connectivity index (χ4v) is 3.36. The van der Waals surface area contributed by atoms with E-state index in [0.29, 0.717) is 19.7 Å². The molecule has 2 aromatic rings. The average molecular weight is 344 g/mol. The van der Waals surface area contributed by atoms with Crippen LogP contribution in [0.3, 0.4) is 0 Å². The van der Waals surface area contributed by atoms with Gasteiger partial charge in [0.15, 0.2) is 0 Å². The van der Waals surface area contributed by atoms with Crippen LogP contribution in [0.5, 0.6) is 0 Å². The Hall–Kier alpha value is -2.34. The lowest BCUT2D eigenvalue weighted by molar-refractivity contribution is -0.120. The first-order valence-corrected chi connectivity index (χ1v) is 8.71. The molecule has 0 unspecified atom stereocenters. The van der Waals surface area contributed by atoms with Crippen molar-refractivity contribution in [2.24, 2.45) is 0 Å². The number of carbonyl (C=O) groups excluding carboxylic acids is 2. The SMILES string of the molecule is CC(C)(C(=O)Nc1ccc(CN2CCOC2=O)cc1)c1cccs1. The van der Waals surface area contributed by atoms with Gasteiger partial charge in [0.05, 0.1) is 12.0 Å². The zero-order valence-corrected chi connectivity index (χ0v) is 14.6. The lowest BCUT2D eigenvalue weighted by atomic mass is 9.90. The van der Waals surface area contributed by atoms with Gasteiger partial charge in [0, 0.05) is 17.1 Å². The van der Waals surface area contributed by atoms with E-state index in [1.54, 1.807) is 16.2 Å². The summed E-state index contributed by atoms with van der Waals surface area (Å²) in [5.74, 6) is -0.0409. The molecule has 1 aromatic heterocycles. The maximum Gasteiger partial charge on any atom is 0.410 e. The topological polar surface area (TPSA) is 58.6 Å². The van der Waals surface area contributed by atoms with E-state index in [2.05, 4.69) is 5.32 Å². The summed E-state index contributed by atoms with van der Waals surface area (Å²) in [7, 11) is 0. The second kappa shape index (κ2) is 6.65. The highest BCUT2D eigenvalue weighted by Gasteiger charge is 2.30. The molecule has 1 aromatic carbocycles. The van der Waals surface area contributed by atoms with Crippen LogP contribution in [0.4, 0.5) is 10.5 Å². The summed E-state index contributed by atoms with van der Waals surface area (Å²) in [6.45, 7) is 5.42. The number of cyclic esters (lactones) is 1. The number of amides is 2. The third kappa shape index (κ3) is 3.43. The molecule has 126 valence electrons. The minimum Gasteiger partial charge on any atom is -0.448 e. The quantitative estimate of drug-likeness (QED) is 0.901. The van der Waals surface area contributed by atoms with Gasteiger partial charge in [0.1, 0.15) is 6.61 Å². The second-order valence-corrected chi connectivity index (χ2v) is 7.24. The Morgan fingerprint density at radius 2 is 2.04 bits per heavy atom. The number of rotatable bonds is 5. The van der Waals surface area contributed by atoms with Gasteiger partial charge in [-0.05, 0) is 43.0 Å². The third-order valence-corrected chi connectivity index (χ3v) is 5.33. The molecular weight excluding hydrogens is 324 g/mol. The molecule has 0 spiro atoms. The molecule has 0 radical (unpaired) electrons. The van der Waals surface area contributed by atoms with Crippen LogP contribution in [0.2, 0.25) is 0 Å². The molecular formula is C18H20N2O3S. The number of benzene rings is 1. The van der Waals surface area contributed by atoms with Gasteiger partial charge < -0.3 is 15.0 Å². The van der Waals surface area contributed by atoms with Crippen molar-refractivity contribution < 1.29 is 14.3 Å². The Morgan fingerprint density at radius 3 is 2.62 bits per heavy atom. The standard InChI is InChI=1S/C18H20N2O3S/c1-18(2,15-4-3-11-24-15)16(21)19-14-7-5-13(6-8-14)12-20-9-10-23-17(20)22/h3-8,11H,9-10,12H2,1-2H3,(H,19,21). The molecule has 1 saturated heterocycles. The molecule has 6 heteroatoms. The molecule has 0 bridgehead atoms. The van der Waals surface area contributed by atoms with Crippen LogP contribution in [0.1, 0.15) is 24.3 Å². The van der Waals surface area contributed by atoms with Crippen LogP contribution < -0.4 is 5.32 Å². The largest absolute Gasteiger partial charge is 0.448 e. The fraction of sp³-hybridized carbons (Fsp3) is 0.333. The normalized spacial score (nSPS) is 14.6. The monoisotopic (exact) mass is 344 g/mol.